The van der Waals surface area contributed by atoms with Crippen molar-refractivity contribution in [3.05, 3.63) is 86.3 Å². The van der Waals surface area contributed by atoms with Gasteiger partial charge in [0.15, 0.2) is 0 Å². The van der Waals surface area contributed by atoms with Gasteiger partial charge >= 0.3 is 23.3 Å². The molecule has 1 atom stereocenters. The number of carboxylic acid groups (broad SMARTS) is 1. The number of likely N-dealkylation sites (tertiary alicyclic amines) is 1. The molecule has 1 saturated heterocycles. The molecule has 0 bridgehead atoms. The van der Waals surface area contributed by atoms with Gasteiger partial charge in [0.1, 0.15) is 5.82 Å². The van der Waals surface area contributed by atoms with Crippen molar-refractivity contribution in [3.8, 4) is 5.88 Å². The van der Waals surface area contributed by atoms with Crippen molar-refractivity contribution in [3.63, 3.8) is 0 Å². The van der Waals surface area contributed by atoms with Gasteiger partial charge in [-0.3, -0.25) is 19.1 Å². The number of aromatic nitrogens is 4. The van der Waals surface area contributed by atoms with E-state index in [1.54, 1.807) is 17.9 Å². The van der Waals surface area contributed by atoms with Crippen LogP contribution in [0.4, 0.5) is 13.2 Å². The highest BCUT2D eigenvalue weighted by Gasteiger charge is 2.44. The van der Waals surface area contributed by atoms with Crippen molar-refractivity contribution in [2.75, 3.05) is 20.2 Å². The lowest BCUT2D eigenvalue weighted by Crippen LogP contribution is -2.43. The number of fused-ring (bicyclic) bond motifs is 1. The van der Waals surface area contributed by atoms with Crippen molar-refractivity contribution in [1.82, 2.24) is 24.2 Å². The van der Waals surface area contributed by atoms with Crippen LogP contribution in [0.2, 0.25) is 0 Å². The third-order valence-electron chi connectivity index (χ3n) is 6.61. The molecule has 4 heterocycles. The van der Waals surface area contributed by atoms with Gasteiger partial charge < -0.3 is 9.84 Å². The highest BCUT2D eigenvalue weighted by Crippen LogP contribution is 2.40. The summed E-state index contributed by atoms with van der Waals surface area (Å²) in [5.41, 5.74) is 0.916. The van der Waals surface area contributed by atoms with Crippen LogP contribution in [0.1, 0.15) is 23.4 Å². The Kier molecular flexibility index (Phi) is 7.67. The van der Waals surface area contributed by atoms with E-state index >= 15 is 0 Å². The summed E-state index contributed by atoms with van der Waals surface area (Å²) in [7, 11) is 1.63. The molecule has 1 unspecified atom stereocenters. The summed E-state index contributed by atoms with van der Waals surface area (Å²) in [5, 5.41) is 11.7. The van der Waals surface area contributed by atoms with Crippen LogP contribution in [-0.4, -0.2) is 61.7 Å². The highest BCUT2D eigenvalue weighted by molar-refractivity contribution is 5.73. The van der Waals surface area contributed by atoms with Crippen molar-refractivity contribution < 1.29 is 27.8 Å². The lowest BCUT2D eigenvalue weighted by Gasteiger charge is -2.23. The first-order valence-electron chi connectivity index (χ1n) is 11.8. The minimum absolute atomic E-state index is 0.0625. The van der Waals surface area contributed by atoms with E-state index in [1.807, 2.05) is 42.5 Å². The molecule has 202 valence electrons. The molecule has 38 heavy (non-hydrogen) atoms. The van der Waals surface area contributed by atoms with Crippen LogP contribution < -0.4 is 15.9 Å². The molecule has 1 spiro atoms. The molecular formula is C25H26F3N5O5. The van der Waals surface area contributed by atoms with Crippen LogP contribution in [-0.2, 0) is 30.8 Å². The van der Waals surface area contributed by atoms with E-state index in [9.17, 15) is 22.8 Å². The second-order valence-corrected chi connectivity index (χ2v) is 9.37. The predicted molar refractivity (Wildman–Crippen MR) is 129 cm³/mol. The summed E-state index contributed by atoms with van der Waals surface area (Å²) in [6.45, 7) is 3.38. The molecule has 13 heteroatoms. The number of methoxy groups -OCH3 is 1. The lowest BCUT2D eigenvalue weighted by molar-refractivity contribution is -0.192. The summed E-state index contributed by atoms with van der Waals surface area (Å²) in [6, 6.07) is 13.6. The van der Waals surface area contributed by atoms with Gasteiger partial charge in [-0.05, 0) is 24.6 Å². The Balaban J connectivity index is 0.000000426. The molecule has 10 nitrogen and oxygen atoms in total. The molecule has 5 rings (SSSR count). The molecule has 0 amide bonds. The number of benzene rings is 1. The molecule has 0 saturated carbocycles. The maximum absolute atomic E-state index is 12.8. The van der Waals surface area contributed by atoms with Crippen molar-refractivity contribution in [2.45, 2.75) is 38.7 Å². The monoisotopic (exact) mass is 533 g/mol. The Morgan fingerprint density at radius 1 is 1.08 bits per heavy atom. The number of halogens is 3. The van der Waals surface area contributed by atoms with Crippen LogP contribution >= 0.6 is 0 Å². The number of ether oxygens (including phenoxy) is 1. The van der Waals surface area contributed by atoms with E-state index < -0.39 is 23.3 Å². The standard InChI is InChI=1S/C23H25N5O3.C2HF3O2/c1-31-20-18(8-5-10-24-20)14-26-11-9-23(15-26)12-19-25-28(13-17-6-3-2-4-7-17)22(30)21(29)27(19)16-23;3-2(4,5)1(6)7/h2-8,10H,9,11-16H2,1H3;(H,6,7). The Bertz CT molecular complexity index is 1420. The normalized spacial score (nSPS) is 18.6. The van der Waals surface area contributed by atoms with Crippen molar-refractivity contribution in [1.29, 1.82) is 0 Å². The number of carbonyl (C=O) groups is 1. The summed E-state index contributed by atoms with van der Waals surface area (Å²) < 4.78 is 40.0. The van der Waals surface area contributed by atoms with E-state index in [4.69, 9.17) is 14.6 Å². The molecule has 2 aliphatic rings. The molecule has 1 aromatic carbocycles. The van der Waals surface area contributed by atoms with Crippen LogP contribution in [0.3, 0.4) is 0 Å². The van der Waals surface area contributed by atoms with E-state index in [-0.39, 0.29) is 5.41 Å². The third-order valence-corrected chi connectivity index (χ3v) is 6.61. The molecule has 3 aromatic rings. The van der Waals surface area contributed by atoms with Crippen LogP contribution in [0.25, 0.3) is 0 Å². The maximum Gasteiger partial charge on any atom is 0.490 e. The van der Waals surface area contributed by atoms with E-state index in [2.05, 4.69) is 15.0 Å². The SMILES string of the molecule is COc1ncccc1CN1CCC2(Cc3nn(Cc4ccccc4)c(=O)c(=O)n3C2)C1.O=C(O)C(F)(F)F. The average Bonchev–Trinajstić information content (AvgIpc) is 3.45. The number of alkyl halides is 3. The van der Waals surface area contributed by atoms with Gasteiger partial charge in [0.05, 0.1) is 13.7 Å². The first kappa shape index (κ1) is 27.0. The van der Waals surface area contributed by atoms with Gasteiger partial charge in [-0.25, -0.2) is 14.5 Å². The van der Waals surface area contributed by atoms with Gasteiger partial charge in [0, 0.05) is 43.2 Å². The number of hydrogen-bond acceptors (Lipinski definition) is 7. The largest absolute Gasteiger partial charge is 0.490 e. The fraction of sp³-hybridized carbons (Fsp3) is 0.400. The molecule has 0 aliphatic carbocycles. The summed E-state index contributed by atoms with van der Waals surface area (Å²) in [4.78, 5) is 41.0. The van der Waals surface area contributed by atoms with Crippen LogP contribution in [0.15, 0.2) is 58.3 Å². The molecule has 0 radical (unpaired) electrons. The smallest absolute Gasteiger partial charge is 0.481 e. The number of carboxylic acids is 1. The number of rotatable bonds is 5. The summed E-state index contributed by atoms with van der Waals surface area (Å²) in [6.07, 6.45) is -1.69. The van der Waals surface area contributed by atoms with Crippen LogP contribution in [0, 0.1) is 5.41 Å². The predicted octanol–water partition coefficient (Wildman–Crippen LogP) is 1.94. The molecule has 1 N–H and O–H groups in total. The molecular weight excluding hydrogens is 507 g/mol. The fourth-order valence-corrected chi connectivity index (χ4v) is 4.87. The number of aliphatic carboxylic acids is 1. The maximum atomic E-state index is 12.8. The highest BCUT2D eigenvalue weighted by atomic mass is 19.4. The zero-order valence-corrected chi connectivity index (χ0v) is 20.5. The Hall–Kier alpha value is -4.00. The second kappa shape index (κ2) is 10.8. The minimum Gasteiger partial charge on any atom is -0.481 e. The third kappa shape index (κ3) is 5.93. The van der Waals surface area contributed by atoms with E-state index in [1.165, 1.54) is 4.68 Å². The van der Waals surface area contributed by atoms with Gasteiger partial charge in [0.25, 0.3) is 0 Å². The van der Waals surface area contributed by atoms with E-state index in [0.29, 0.717) is 31.2 Å². The van der Waals surface area contributed by atoms with E-state index in [0.717, 1.165) is 37.2 Å². The van der Waals surface area contributed by atoms with Gasteiger partial charge in [-0.2, -0.15) is 18.3 Å². The molecule has 2 aliphatic heterocycles. The molecule has 2 aromatic heterocycles. The number of hydrogen-bond donors (Lipinski definition) is 1. The molecule has 1 fully saturated rings. The van der Waals surface area contributed by atoms with Gasteiger partial charge in [0.2, 0.25) is 5.88 Å². The average molecular weight is 534 g/mol. The zero-order chi connectivity index (χ0) is 27.5. The summed E-state index contributed by atoms with van der Waals surface area (Å²) in [5.74, 6) is -1.40. The Labute approximate surface area is 214 Å². The number of nitrogens with zero attached hydrogens (tertiary/aromatic N) is 5. The fourth-order valence-electron chi connectivity index (χ4n) is 4.87. The van der Waals surface area contributed by atoms with Crippen LogP contribution in [0.5, 0.6) is 5.88 Å². The zero-order valence-electron chi connectivity index (χ0n) is 20.5. The minimum atomic E-state index is -5.08. The van der Waals surface area contributed by atoms with Gasteiger partial charge in [-0.1, -0.05) is 36.4 Å². The first-order chi connectivity index (χ1) is 18.0. The quantitative estimate of drug-likeness (QED) is 0.495. The van der Waals surface area contributed by atoms with Crippen molar-refractivity contribution >= 4 is 5.97 Å². The van der Waals surface area contributed by atoms with Crippen molar-refractivity contribution in [2.24, 2.45) is 5.41 Å². The topological polar surface area (TPSA) is 120 Å². The summed E-state index contributed by atoms with van der Waals surface area (Å²) >= 11 is 0. The Morgan fingerprint density at radius 2 is 1.79 bits per heavy atom. The van der Waals surface area contributed by atoms with Gasteiger partial charge in [-0.15, -0.1) is 0 Å². The number of pyridine rings is 1. The Morgan fingerprint density at radius 3 is 2.45 bits per heavy atom. The first-order valence-corrected chi connectivity index (χ1v) is 11.8. The second-order valence-electron chi connectivity index (χ2n) is 9.37. The lowest BCUT2D eigenvalue weighted by atomic mass is 9.86.